The van der Waals surface area contributed by atoms with Crippen LogP contribution < -0.4 is 0 Å². The molecule has 100 valence electrons. The summed E-state index contributed by atoms with van der Waals surface area (Å²) in [5.74, 6) is -0.374. The van der Waals surface area contributed by atoms with Gasteiger partial charge in [-0.2, -0.15) is 0 Å². The molecule has 0 aromatic heterocycles. The molecular formula is C12H9Cl2NO3S. The quantitative estimate of drug-likeness (QED) is 0.844. The van der Waals surface area contributed by atoms with Gasteiger partial charge in [0.25, 0.3) is 0 Å². The number of thioether (sulfide) groups is 1. The summed E-state index contributed by atoms with van der Waals surface area (Å²) in [4.78, 5) is 15.8. The molecule has 1 aliphatic rings. The first kappa shape index (κ1) is 14.2. The lowest BCUT2D eigenvalue weighted by Gasteiger charge is -2.04. The lowest BCUT2D eigenvalue weighted by Crippen LogP contribution is -2.10. The molecule has 0 saturated carbocycles. The van der Waals surface area contributed by atoms with E-state index >= 15 is 0 Å². The molecule has 1 N–H and O–H groups in total. The van der Waals surface area contributed by atoms with Gasteiger partial charge in [-0.05, 0) is 18.2 Å². The van der Waals surface area contributed by atoms with Crippen LogP contribution in [0, 0.1) is 0 Å². The van der Waals surface area contributed by atoms with Gasteiger partial charge >= 0.3 is 5.97 Å². The Balaban J connectivity index is 2.41. The molecule has 0 atom stereocenters. The summed E-state index contributed by atoms with van der Waals surface area (Å²) in [6, 6.07) is 4.85. The van der Waals surface area contributed by atoms with Crippen molar-refractivity contribution in [2.24, 2.45) is 4.99 Å². The fraction of sp³-hybridized carbons (Fsp3) is 0.167. The summed E-state index contributed by atoms with van der Waals surface area (Å²) in [5.41, 5.74) is 0.559. The van der Waals surface area contributed by atoms with Crippen molar-refractivity contribution in [2.75, 3.05) is 12.9 Å². The Labute approximate surface area is 124 Å². The Morgan fingerprint density at radius 1 is 1.47 bits per heavy atom. The highest BCUT2D eigenvalue weighted by molar-refractivity contribution is 8.15. The zero-order valence-electron chi connectivity index (χ0n) is 9.81. The first-order valence-corrected chi connectivity index (χ1v) is 6.94. The van der Waals surface area contributed by atoms with Crippen molar-refractivity contribution in [3.63, 3.8) is 0 Å². The highest BCUT2D eigenvalue weighted by atomic mass is 35.5. The number of carbonyl (C=O) groups is 1. The summed E-state index contributed by atoms with van der Waals surface area (Å²) in [6.07, 6.45) is 0. The summed E-state index contributed by atoms with van der Waals surface area (Å²) in [5, 5.41) is 10.9. The number of nitrogens with zero attached hydrogens (tertiary/aromatic N) is 1. The SMILES string of the molecule is COC(=O)C1=C(O)CSC1=Nc1ccc(Cl)cc1Cl. The number of aliphatic hydroxyl groups excluding tert-OH is 1. The minimum Gasteiger partial charge on any atom is -0.510 e. The largest absolute Gasteiger partial charge is 0.510 e. The zero-order valence-corrected chi connectivity index (χ0v) is 12.1. The predicted octanol–water partition coefficient (Wildman–Crippen LogP) is 3.76. The van der Waals surface area contributed by atoms with Gasteiger partial charge in [0.05, 0.1) is 23.6 Å². The van der Waals surface area contributed by atoms with Crippen LogP contribution >= 0.6 is 35.0 Å². The zero-order chi connectivity index (χ0) is 14.0. The molecule has 0 bridgehead atoms. The predicted molar refractivity (Wildman–Crippen MR) is 77.7 cm³/mol. The van der Waals surface area contributed by atoms with E-state index in [-0.39, 0.29) is 17.1 Å². The highest BCUT2D eigenvalue weighted by Gasteiger charge is 2.29. The number of aliphatic hydroxyl groups is 1. The Bertz CT molecular complexity index is 599. The first-order chi connectivity index (χ1) is 9.02. The molecule has 2 rings (SSSR count). The number of aliphatic imine (C=N–C) groups is 1. The van der Waals surface area contributed by atoms with Gasteiger partial charge in [-0.3, -0.25) is 0 Å². The summed E-state index contributed by atoms with van der Waals surface area (Å²) < 4.78 is 4.62. The van der Waals surface area contributed by atoms with Crippen LogP contribution in [0.4, 0.5) is 5.69 Å². The van der Waals surface area contributed by atoms with Crippen LogP contribution in [0.5, 0.6) is 0 Å². The topological polar surface area (TPSA) is 58.9 Å². The molecule has 0 fully saturated rings. The molecule has 1 aliphatic heterocycles. The van der Waals surface area contributed by atoms with Crippen LogP contribution in [-0.2, 0) is 9.53 Å². The van der Waals surface area contributed by atoms with Crippen molar-refractivity contribution in [1.29, 1.82) is 0 Å². The number of hydrogen-bond acceptors (Lipinski definition) is 5. The minimum absolute atomic E-state index is 0.0410. The van der Waals surface area contributed by atoms with Crippen LogP contribution in [0.25, 0.3) is 0 Å². The molecule has 0 radical (unpaired) electrons. The number of halogens is 2. The molecule has 0 spiro atoms. The maximum Gasteiger partial charge on any atom is 0.344 e. The molecule has 0 aliphatic carbocycles. The number of methoxy groups -OCH3 is 1. The fourth-order valence-electron chi connectivity index (χ4n) is 1.48. The second kappa shape index (κ2) is 5.86. The van der Waals surface area contributed by atoms with Gasteiger partial charge < -0.3 is 9.84 Å². The van der Waals surface area contributed by atoms with Crippen molar-refractivity contribution in [1.82, 2.24) is 0 Å². The Morgan fingerprint density at radius 3 is 2.84 bits per heavy atom. The monoisotopic (exact) mass is 317 g/mol. The molecule has 0 saturated heterocycles. The molecule has 0 unspecified atom stereocenters. The molecule has 4 nitrogen and oxygen atoms in total. The molecule has 1 aromatic rings. The van der Waals surface area contributed by atoms with Gasteiger partial charge in [-0.15, -0.1) is 0 Å². The Kier molecular flexibility index (Phi) is 4.39. The first-order valence-electron chi connectivity index (χ1n) is 5.20. The Hall–Kier alpha value is -1.17. The van der Waals surface area contributed by atoms with E-state index < -0.39 is 5.97 Å². The van der Waals surface area contributed by atoms with Gasteiger partial charge in [-0.25, -0.2) is 9.79 Å². The maximum absolute atomic E-state index is 11.6. The third-order valence-corrected chi connectivity index (χ3v) is 3.89. The van der Waals surface area contributed by atoms with Crippen LogP contribution in [0.3, 0.4) is 0 Å². The average Bonchev–Trinajstić information content (AvgIpc) is 2.73. The van der Waals surface area contributed by atoms with E-state index in [0.717, 1.165) is 0 Å². The lowest BCUT2D eigenvalue weighted by molar-refractivity contribution is -0.135. The van der Waals surface area contributed by atoms with E-state index in [9.17, 15) is 9.90 Å². The number of ether oxygens (including phenoxy) is 1. The smallest absolute Gasteiger partial charge is 0.344 e. The second-order valence-corrected chi connectivity index (χ2v) is 5.42. The molecule has 0 amide bonds. The van der Waals surface area contributed by atoms with E-state index in [1.54, 1.807) is 18.2 Å². The van der Waals surface area contributed by atoms with Gasteiger partial charge in [-0.1, -0.05) is 35.0 Å². The normalized spacial score (nSPS) is 17.1. The number of carbonyl (C=O) groups excluding carboxylic acids is 1. The summed E-state index contributed by atoms with van der Waals surface area (Å²) in [6.45, 7) is 0. The third-order valence-electron chi connectivity index (χ3n) is 2.37. The van der Waals surface area contributed by atoms with Crippen molar-refractivity contribution in [3.05, 3.63) is 39.6 Å². The molecule has 1 heterocycles. The standard InChI is InChI=1S/C12H9Cl2NO3S/c1-18-12(17)10-9(16)5-19-11(10)15-8-3-2-6(13)4-7(8)14/h2-4,16H,5H2,1H3. The van der Waals surface area contributed by atoms with Crippen LogP contribution in [0.1, 0.15) is 0 Å². The minimum atomic E-state index is -0.619. The van der Waals surface area contributed by atoms with Gasteiger partial charge in [0, 0.05) is 5.02 Å². The summed E-state index contributed by atoms with van der Waals surface area (Å²) >= 11 is 13.1. The van der Waals surface area contributed by atoms with Crippen molar-refractivity contribution in [3.8, 4) is 0 Å². The van der Waals surface area contributed by atoms with E-state index in [1.807, 2.05) is 0 Å². The van der Waals surface area contributed by atoms with Crippen molar-refractivity contribution in [2.45, 2.75) is 0 Å². The Morgan fingerprint density at radius 2 is 2.21 bits per heavy atom. The fourth-order valence-corrected chi connectivity index (χ4v) is 2.86. The van der Waals surface area contributed by atoms with Gasteiger partial charge in [0.15, 0.2) is 0 Å². The number of hydrogen-bond donors (Lipinski definition) is 1. The average molecular weight is 318 g/mol. The molecule has 1 aromatic carbocycles. The van der Waals surface area contributed by atoms with Gasteiger partial charge in [0.1, 0.15) is 16.4 Å². The number of rotatable bonds is 2. The van der Waals surface area contributed by atoms with Crippen molar-refractivity contribution < 1.29 is 14.6 Å². The number of esters is 1. The molecule has 7 heteroatoms. The number of benzene rings is 1. The lowest BCUT2D eigenvalue weighted by atomic mass is 10.2. The van der Waals surface area contributed by atoms with E-state index in [2.05, 4.69) is 9.73 Å². The van der Waals surface area contributed by atoms with E-state index in [4.69, 9.17) is 23.2 Å². The third kappa shape index (κ3) is 3.05. The maximum atomic E-state index is 11.6. The van der Waals surface area contributed by atoms with E-state index in [0.29, 0.717) is 20.8 Å². The molecular weight excluding hydrogens is 309 g/mol. The van der Waals surface area contributed by atoms with Gasteiger partial charge in [0.2, 0.25) is 0 Å². The van der Waals surface area contributed by atoms with Crippen LogP contribution in [-0.4, -0.2) is 29.0 Å². The second-order valence-electron chi connectivity index (χ2n) is 3.61. The van der Waals surface area contributed by atoms with Crippen molar-refractivity contribution >= 4 is 51.7 Å². The van der Waals surface area contributed by atoms with Crippen LogP contribution in [0.15, 0.2) is 34.5 Å². The highest BCUT2D eigenvalue weighted by Crippen LogP contribution is 2.33. The van der Waals surface area contributed by atoms with E-state index in [1.165, 1.54) is 18.9 Å². The molecule has 19 heavy (non-hydrogen) atoms. The van der Waals surface area contributed by atoms with Crippen LogP contribution in [0.2, 0.25) is 10.0 Å². The summed E-state index contributed by atoms with van der Waals surface area (Å²) in [7, 11) is 1.25.